The molecule has 0 amide bonds. The van der Waals surface area contributed by atoms with Gasteiger partial charge in [-0.2, -0.15) is 4.98 Å². The molecule has 0 saturated carbocycles. The van der Waals surface area contributed by atoms with Crippen LogP contribution in [0.5, 0.6) is 0 Å². The van der Waals surface area contributed by atoms with Crippen LogP contribution in [0.3, 0.4) is 0 Å². The van der Waals surface area contributed by atoms with Crippen molar-refractivity contribution in [2.75, 3.05) is 18.0 Å². The maximum atomic E-state index is 12.3. The lowest BCUT2D eigenvalue weighted by Crippen LogP contribution is -2.29. The molecular weight excluding hydrogens is 376 g/mol. The molecule has 1 fully saturated rings. The summed E-state index contributed by atoms with van der Waals surface area (Å²) in [5, 5.41) is 3.97. The topological polar surface area (TPSA) is 88.3 Å². The van der Waals surface area contributed by atoms with Gasteiger partial charge < -0.3 is 9.42 Å². The van der Waals surface area contributed by atoms with Crippen molar-refractivity contribution >= 4 is 15.7 Å². The molecule has 0 atom stereocenters. The molecule has 0 spiro atoms. The van der Waals surface area contributed by atoms with Crippen molar-refractivity contribution in [3.8, 4) is 11.4 Å². The molecule has 7 nitrogen and oxygen atoms in total. The summed E-state index contributed by atoms with van der Waals surface area (Å²) in [7, 11) is -3.62. The smallest absolute Gasteiger partial charge is 0.242 e. The first kappa shape index (κ1) is 18.6. The number of aromatic nitrogens is 2. The maximum Gasteiger partial charge on any atom is 0.242 e. The highest BCUT2D eigenvalue weighted by Gasteiger charge is 2.16. The van der Waals surface area contributed by atoms with Gasteiger partial charge in [0.2, 0.25) is 21.7 Å². The fourth-order valence-corrected chi connectivity index (χ4v) is 4.25. The van der Waals surface area contributed by atoms with Crippen LogP contribution in [0.25, 0.3) is 11.4 Å². The Balaban J connectivity index is 1.41. The summed E-state index contributed by atoms with van der Waals surface area (Å²) in [6.45, 7) is 2.12. The first-order valence-electron chi connectivity index (χ1n) is 9.34. The molecule has 0 unspecified atom stereocenters. The zero-order valence-electron chi connectivity index (χ0n) is 15.4. The lowest BCUT2D eigenvalue weighted by molar-refractivity contribution is 0.376. The van der Waals surface area contributed by atoms with Gasteiger partial charge in [-0.25, -0.2) is 13.1 Å². The van der Waals surface area contributed by atoms with E-state index in [1.807, 2.05) is 12.1 Å². The van der Waals surface area contributed by atoms with Crippen molar-refractivity contribution in [2.24, 2.45) is 0 Å². The number of hydrogen-bond acceptors (Lipinski definition) is 6. The molecule has 2 aromatic carbocycles. The summed E-state index contributed by atoms with van der Waals surface area (Å²) < 4.78 is 32.2. The number of benzene rings is 2. The molecule has 28 heavy (non-hydrogen) atoms. The third-order valence-corrected chi connectivity index (χ3v) is 6.20. The van der Waals surface area contributed by atoms with Gasteiger partial charge in [-0.05, 0) is 55.7 Å². The van der Waals surface area contributed by atoms with Gasteiger partial charge in [-0.3, -0.25) is 0 Å². The van der Waals surface area contributed by atoms with Gasteiger partial charge in [0, 0.05) is 24.3 Å². The number of rotatable bonds is 6. The van der Waals surface area contributed by atoms with E-state index in [0.717, 1.165) is 18.7 Å². The van der Waals surface area contributed by atoms with Crippen molar-refractivity contribution in [3.05, 3.63) is 60.5 Å². The molecular formula is C20H22N4O3S. The second kappa shape index (κ2) is 8.12. The van der Waals surface area contributed by atoms with Crippen molar-refractivity contribution < 1.29 is 12.9 Å². The molecule has 0 bridgehead atoms. The van der Waals surface area contributed by atoms with Crippen molar-refractivity contribution in [3.63, 3.8) is 0 Å². The van der Waals surface area contributed by atoms with E-state index in [-0.39, 0.29) is 17.3 Å². The van der Waals surface area contributed by atoms with Crippen molar-refractivity contribution in [2.45, 2.75) is 30.7 Å². The van der Waals surface area contributed by atoms with E-state index in [1.165, 1.54) is 37.1 Å². The van der Waals surface area contributed by atoms with E-state index in [2.05, 4.69) is 31.9 Å². The maximum absolute atomic E-state index is 12.3. The zero-order chi connectivity index (χ0) is 19.4. The van der Waals surface area contributed by atoms with Crippen LogP contribution in [0, 0.1) is 0 Å². The molecule has 1 aromatic heterocycles. The number of nitrogens with one attached hydrogen (secondary N) is 1. The average Bonchev–Trinajstić information content (AvgIpc) is 3.23. The Bertz CT molecular complexity index is 1010. The Hall–Kier alpha value is -2.71. The Kier molecular flexibility index (Phi) is 5.40. The van der Waals surface area contributed by atoms with Crippen LogP contribution in [0.2, 0.25) is 0 Å². The Morgan fingerprint density at radius 2 is 1.68 bits per heavy atom. The summed E-state index contributed by atoms with van der Waals surface area (Å²) in [5.41, 5.74) is 2.03. The number of nitrogens with zero attached hydrogens (tertiary/aromatic N) is 3. The molecule has 8 heteroatoms. The van der Waals surface area contributed by atoms with Gasteiger partial charge in [-0.15, -0.1) is 0 Å². The van der Waals surface area contributed by atoms with Gasteiger partial charge in [-0.1, -0.05) is 23.4 Å². The first-order valence-corrected chi connectivity index (χ1v) is 10.8. The van der Waals surface area contributed by atoms with E-state index >= 15 is 0 Å². The van der Waals surface area contributed by atoms with Crippen LogP contribution in [0.4, 0.5) is 5.69 Å². The molecule has 1 aliphatic heterocycles. The van der Waals surface area contributed by atoms with Gasteiger partial charge in [0.15, 0.2) is 0 Å². The summed E-state index contributed by atoms with van der Waals surface area (Å²) in [5.74, 6) is 0.661. The lowest BCUT2D eigenvalue weighted by atomic mass is 10.1. The fraction of sp³-hybridized carbons (Fsp3) is 0.300. The second-order valence-electron chi connectivity index (χ2n) is 6.74. The first-order chi connectivity index (χ1) is 13.6. The van der Waals surface area contributed by atoms with Gasteiger partial charge in [0.1, 0.15) is 0 Å². The number of anilines is 1. The Labute approximate surface area is 164 Å². The van der Waals surface area contributed by atoms with Gasteiger partial charge in [0.05, 0.1) is 11.4 Å². The standard InChI is InChI=1S/C20H22N4O3S/c25-28(26,18-7-3-1-4-8-18)21-15-19-22-20(23-27-19)16-9-11-17(12-10-16)24-13-5-2-6-14-24/h1,3-4,7-12,21H,2,5-6,13-15H2. The Morgan fingerprint density at radius 1 is 0.964 bits per heavy atom. The lowest BCUT2D eigenvalue weighted by Gasteiger charge is -2.28. The molecule has 1 aliphatic rings. The van der Waals surface area contributed by atoms with E-state index in [0.29, 0.717) is 5.82 Å². The van der Waals surface area contributed by atoms with Crippen LogP contribution >= 0.6 is 0 Å². The minimum Gasteiger partial charge on any atom is -0.372 e. The average molecular weight is 398 g/mol. The fourth-order valence-electron chi connectivity index (χ4n) is 3.26. The van der Waals surface area contributed by atoms with Gasteiger partial charge in [0.25, 0.3) is 0 Å². The number of hydrogen-bond donors (Lipinski definition) is 1. The monoisotopic (exact) mass is 398 g/mol. The molecule has 3 aromatic rings. The molecule has 2 heterocycles. The number of piperidine rings is 1. The summed E-state index contributed by atoms with van der Waals surface area (Å²) in [6, 6.07) is 16.2. The normalized spacial score (nSPS) is 14.9. The zero-order valence-corrected chi connectivity index (χ0v) is 16.2. The van der Waals surface area contributed by atoms with E-state index < -0.39 is 10.0 Å². The minimum absolute atomic E-state index is 0.0594. The molecule has 146 valence electrons. The van der Waals surface area contributed by atoms with E-state index in [1.54, 1.807) is 18.2 Å². The van der Waals surface area contributed by atoms with Crippen LogP contribution in [0.1, 0.15) is 25.2 Å². The SMILES string of the molecule is O=S(=O)(NCc1nc(-c2ccc(N3CCCCC3)cc2)no1)c1ccccc1. The third kappa shape index (κ3) is 4.23. The molecule has 0 aliphatic carbocycles. The van der Waals surface area contributed by atoms with Crippen LogP contribution < -0.4 is 9.62 Å². The van der Waals surface area contributed by atoms with Crippen LogP contribution in [0.15, 0.2) is 64.0 Å². The molecule has 1 N–H and O–H groups in total. The van der Waals surface area contributed by atoms with E-state index in [9.17, 15) is 8.42 Å². The highest BCUT2D eigenvalue weighted by Crippen LogP contribution is 2.23. The number of sulfonamides is 1. The van der Waals surface area contributed by atoms with Crippen molar-refractivity contribution in [1.82, 2.24) is 14.9 Å². The van der Waals surface area contributed by atoms with Crippen LogP contribution in [-0.4, -0.2) is 31.6 Å². The molecule has 0 radical (unpaired) electrons. The summed E-state index contributed by atoms with van der Waals surface area (Å²) >= 11 is 0. The molecule has 1 saturated heterocycles. The molecule has 4 rings (SSSR count). The Morgan fingerprint density at radius 3 is 2.39 bits per heavy atom. The van der Waals surface area contributed by atoms with Crippen molar-refractivity contribution in [1.29, 1.82) is 0 Å². The quantitative estimate of drug-likeness (QED) is 0.686. The second-order valence-corrected chi connectivity index (χ2v) is 8.51. The van der Waals surface area contributed by atoms with Crippen LogP contribution in [-0.2, 0) is 16.6 Å². The predicted octanol–water partition coefficient (Wildman–Crippen LogP) is 3.21. The minimum atomic E-state index is -3.62. The summed E-state index contributed by atoms with van der Waals surface area (Å²) in [6.07, 6.45) is 3.76. The van der Waals surface area contributed by atoms with E-state index in [4.69, 9.17) is 4.52 Å². The summed E-state index contributed by atoms with van der Waals surface area (Å²) in [4.78, 5) is 6.88. The highest BCUT2D eigenvalue weighted by molar-refractivity contribution is 7.89. The van der Waals surface area contributed by atoms with Gasteiger partial charge >= 0.3 is 0 Å². The predicted molar refractivity (Wildman–Crippen MR) is 106 cm³/mol. The highest BCUT2D eigenvalue weighted by atomic mass is 32.2. The third-order valence-electron chi connectivity index (χ3n) is 4.78. The largest absolute Gasteiger partial charge is 0.372 e.